The lowest BCUT2D eigenvalue weighted by molar-refractivity contribution is 0.192. The maximum Gasteiger partial charge on any atom is 0.324 e. The highest BCUT2D eigenvalue weighted by atomic mass is 32.2. The summed E-state index contributed by atoms with van der Waals surface area (Å²) in [6.07, 6.45) is 0.851. The molecule has 1 heterocycles. The lowest BCUT2D eigenvalue weighted by Crippen LogP contribution is -2.49. The fourth-order valence-electron chi connectivity index (χ4n) is 3.83. The molecule has 1 aliphatic rings. The molecule has 172 valence electrons. The molecule has 0 aromatic heterocycles. The lowest BCUT2D eigenvalue weighted by Gasteiger charge is -2.35. The number of urea groups is 1. The average Bonchev–Trinajstić information content (AvgIpc) is 2.81. The monoisotopic (exact) mass is 465 g/mol. The summed E-state index contributed by atoms with van der Waals surface area (Å²) < 4.78 is 33.1. The van der Waals surface area contributed by atoms with Gasteiger partial charge in [0.15, 0.2) is 0 Å². The van der Waals surface area contributed by atoms with Crippen molar-refractivity contribution in [2.75, 3.05) is 29.8 Å². The SMILES string of the molecule is COc1ccc(CN2CCCN(c3ccc(NS(=O)(=O)c4cccc(C)c4)cc3)C2=O)cc1. The Balaban J connectivity index is 1.44. The van der Waals surface area contributed by atoms with Crippen LogP contribution in [-0.4, -0.2) is 39.5 Å². The van der Waals surface area contributed by atoms with Crippen molar-refractivity contribution < 1.29 is 17.9 Å². The number of benzene rings is 3. The second-order valence-electron chi connectivity index (χ2n) is 8.03. The van der Waals surface area contributed by atoms with Crippen molar-refractivity contribution >= 4 is 27.4 Å². The molecule has 7 nitrogen and oxygen atoms in total. The Kier molecular flexibility index (Phi) is 6.55. The van der Waals surface area contributed by atoms with Crippen molar-refractivity contribution in [3.05, 3.63) is 83.9 Å². The van der Waals surface area contributed by atoms with Crippen LogP contribution in [0, 0.1) is 6.92 Å². The number of rotatable bonds is 7. The predicted octanol–water partition coefficient (Wildman–Crippen LogP) is 4.64. The topological polar surface area (TPSA) is 79.0 Å². The van der Waals surface area contributed by atoms with E-state index in [2.05, 4.69) is 4.72 Å². The van der Waals surface area contributed by atoms with Gasteiger partial charge in [-0.05, 0) is 73.0 Å². The van der Waals surface area contributed by atoms with Gasteiger partial charge in [0.05, 0.1) is 12.0 Å². The van der Waals surface area contributed by atoms with E-state index in [1.807, 2.05) is 42.2 Å². The molecule has 0 saturated carbocycles. The summed E-state index contributed by atoms with van der Waals surface area (Å²) in [5.74, 6) is 0.781. The number of methoxy groups -OCH3 is 1. The van der Waals surface area contributed by atoms with Gasteiger partial charge in [-0.1, -0.05) is 24.3 Å². The van der Waals surface area contributed by atoms with E-state index in [0.717, 1.165) is 29.0 Å². The third kappa shape index (κ3) is 5.28. The maximum atomic E-state index is 13.1. The summed E-state index contributed by atoms with van der Waals surface area (Å²) in [5, 5.41) is 0. The van der Waals surface area contributed by atoms with E-state index in [-0.39, 0.29) is 10.9 Å². The Labute approximate surface area is 194 Å². The number of nitrogens with one attached hydrogen (secondary N) is 1. The van der Waals surface area contributed by atoms with E-state index >= 15 is 0 Å². The minimum Gasteiger partial charge on any atom is -0.497 e. The van der Waals surface area contributed by atoms with Crippen LogP contribution in [0.4, 0.5) is 16.2 Å². The molecule has 0 unspecified atom stereocenters. The molecular formula is C25H27N3O4S. The number of ether oxygens (including phenoxy) is 1. The molecule has 1 aliphatic heterocycles. The molecule has 4 rings (SSSR count). The fourth-order valence-corrected chi connectivity index (χ4v) is 4.99. The van der Waals surface area contributed by atoms with E-state index in [1.54, 1.807) is 54.5 Å². The first kappa shape index (κ1) is 22.7. The first-order chi connectivity index (χ1) is 15.9. The molecule has 0 spiro atoms. The molecule has 1 N–H and O–H groups in total. The third-order valence-corrected chi connectivity index (χ3v) is 6.95. The van der Waals surface area contributed by atoms with Crippen molar-refractivity contribution in [3.63, 3.8) is 0 Å². The third-order valence-electron chi connectivity index (χ3n) is 5.57. The highest BCUT2D eigenvalue weighted by Crippen LogP contribution is 2.25. The van der Waals surface area contributed by atoms with Crippen LogP contribution < -0.4 is 14.4 Å². The molecule has 33 heavy (non-hydrogen) atoms. The van der Waals surface area contributed by atoms with E-state index in [4.69, 9.17) is 4.74 Å². The Morgan fingerprint density at radius 3 is 2.36 bits per heavy atom. The van der Waals surface area contributed by atoms with Gasteiger partial charge in [-0.25, -0.2) is 13.2 Å². The Bertz CT molecular complexity index is 1230. The van der Waals surface area contributed by atoms with Gasteiger partial charge >= 0.3 is 6.03 Å². The van der Waals surface area contributed by atoms with Crippen molar-refractivity contribution in [2.24, 2.45) is 0 Å². The number of hydrogen-bond acceptors (Lipinski definition) is 4. The molecule has 1 saturated heterocycles. The van der Waals surface area contributed by atoms with E-state index < -0.39 is 10.0 Å². The second-order valence-corrected chi connectivity index (χ2v) is 9.71. The number of nitrogens with zero attached hydrogens (tertiary/aromatic N) is 2. The number of anilines is 2. The molecule has 0 aliphatic carbocycles. The number of amides is 2. The molecular weight excluding hydrogens is 438 g/mol. The first-order valence-electron chi connectivity index (χ1n) is 10.7. The molecule has 1 fully saturated rings. The van der Waals surface area contributed by atoms with Gasteiger partial charge in [0, 0.05) is 31.0 Å². The normalized spacial score (nSPS) is 14.3. The number of sulfonamides is 1. The average molecular weight is 466 g/mol. The summed E-state index contributed by atoms with van der Waals surface area (Å²) in [4.78, 5) is 16.9. The first-order valence-corrected chi connectivity index (χ1v) is 12.2. The van der Waals surface area contributed by atoms with Crippen molar-refractivity contribution in [1.82, 2.24) is 4.90 Å². The second kappa shape index (κ2) is 9.54. The smallest absolute Gasteiger partial charge is 0.324 e. The number of hydrogen-bond donors (Lipinski definition) is 1. The highest BCUT2D eigenvalue weighted by molar-refractivity contribution is 7.92. The number of carbonyl (C=O) groups excluding carboxylic acids is 1. The van der Waals surface area contributed by atoms with Gasteiger partial charge in [0.1, 0.15) is 5.75 Å². The van der Waals surface area contributed by atoms with Gasteiger partial charge in [0.25, 0.3) is 10.0 Å². The number of aryl methyl sites for hydroxylation is 1. The molecule has 0 radical (unpaired) electrons. The molecule has 8 heteroatoms. The summed E-state index contributed by atoms with van der Waals surface area (Å²) >= 11 is 0. The Morgan fingerprint density at radius 2 is 1.70 bits per heavy atom. The number of carbonyl (C=O) groups is 1. The minimum atomic E-state index is -3.68. The minimum absolute atomic E-state index is 0.0647. The van der Waals surface area contributed by atoms with Crippen molar-refractivity contribution in [2.45, 2.75) is 24.8 Å². The van der Waals surface area contributed by atoms with Gasteiger partial charge < -0.3 is 9.64 Å². The lowest BCUT2D eigenvalue weighted by atomic mass is 10.1. The van der Waals surface area contributed by atoms with Gasteiger partial charge in [-0.2, -0.15) is 0 Å². The zero-order valence-electron chi connectivity index (χ0n) is 18.7. The van der Waals surface area contributed by atoms with Crippen LogP contribution in [0.15, 0.2) is 77.7 Å². The van der Waals surface area contributed by atoms with E-state index in [9.17, 15) is 13.2 Å². The van der Waals surface area contributed by atoms with Crippen LogP contribution in [0.5, 0.6) is 5.75 Å². The highest BCUT2D eigenvalue weighted by Gasteiger charge is 2.27. The molecule has 3 aromatic carbocycles. The Hall–Kier alpha value is -3.52. The molecule has 2 amide bonds. The van der Waals surface area contributed by atoms with Crippen LogP contribution >= 0.6 is 0 Å². The van der Waals surface area contributed by atoms with Crippen LogP contribution in [0.1, 0.15) is 17.5 Å². The van der Waals surface area contributed by atoms with Crippen LogP contribution in [0.25, 0.3) is 0 Å². The maximum absolute atomic E-state index is 13.1. The molecule has 0 atom stereocenters. The van der Waals surface area contributed by atoms with Crippen molar-refractivity contribution in [3.8, 4) is 5.75 Å². The quantitative estimate of drug-likeness (QED) is 0.552. The van der Waals surface area contributed by atoms with Gasteiger partial charge in [-0.15, -0.1) is 0 Å². The van der Waals surface area contributed by atoms with Crippen molar-refractivity contribution in [1.29, 1.82) is 0 Å². The summed E-state index contributed by atoms with van der Waals surface area (Å²) in [7, 11) is -2.06. The van der Waals surface area contributed by atoms with E-state index in [1.165, 1.54) is 0 Å². The van der Waals surface area contributed by atoms with Crippen LogP contribution in [0.2, 0.25) is 0 Å². The molecule has 3 aromatic rings. The van der Waals surface area contributed by atoms with Crippen LogP contribution in [-0.2, 0) is 16.6 Å². The Morgan fingerprint density at radius 1 is 0.970 bits per heavy atom. The zero-order chi connectivity index (χ0) is 23.4. The largest absolute Gasteiger partial charge is 0.497 e. The summed E-state index contributed by atoms with van der Waals surface area (Å²) in [5.41, 5.74) is 3.08. The van der Waals surface area contributed by atoms with E-state index in [0.29, 0.717) is 25.3 Å². The standard InChI is InChI=1S/C25H27N3O4S/c1-19-5-3-6-24(17-19)33(30,31)26-21-9-11-22(12-10-21)28-16-4-15-27(25(28)29)18-20-7-13-23(32-2)14-8-20/h3,5-14,17,26H,4,15-16,18H2,1-2H3. The van der Waals surface area contributed by atoms with Gasteiger partial charge in [-0.3, -0.25) is 9.62 Å². The summed E-state index contributed by atoms with van der Waals surface area (Å²) in [6.45, 7) is 3.68. The summed E-state index contributed by atoms with van der Waals surface area (Å²) in [6, 6.07) is 21.3. The zero-order valence-corrected chi connectivity index (χ0v) is 19.5. The predicted molar refractivity (Wildman–Crippen MR) is 129 cm³/mol. The molecule has 0 bridgehead atoms. The fraction of sp³-hybridized carbons (Fsp3) is 0.240. The van der Waals surface area contributed by atoms with Gasteiger partial charge in [0.2, 0.25) is 0 Å². The van der Waals surface area contributed by atoms with Crippen LogP contribution in [0.3, 0.4) is 0 Å².